The highest BCUT2D eigenvalue weighted by Crippen LogP contribution is 2.22. The molecule has 1 aliphatic rings. The molecule has 1 atom stereocenters. The zero-order valence-corrected chi connectivity index (χ0v) is 14.4. The van der Waals surface area contributed by atoms with Crippen molar-refractivity contribution in [1.82, 2.24) is 14.3 Å². The zero-order valence-electron chi connectivity index (χ0n) is 14.4. The van der Waals surface area contributed by atoms with Crippen molar-refractivity contribution >= 4 is 17.5 Å². The minimum atomic E-state index is -0.233. The number of piperidine rings is 1. The summed E-state index contributed by atoms with van der Waals surface area (Å²) in [6.45, 7) is 7.08. The largest absolute Gasteiger partial charge is 0.466 e. The van der Waals surface area contributed by atoms with Crippen molar-refractivity contribution in [2.75, 3.05) is 19.7 Å². The number of nitrogens with zero attached hydrogens (tertiary/aromatic N) is 3. The van der Waals surface area contributed by atoms with Gasteiger partial charge in [0.1, 0.15) is 11.3 Å². The Balaban J connectivity index is 1.88. The van der Waals surface area contributed by atoms with Crippen LogP contribution in [0.5, 0.6) is 0 Å². The highest BCUT2D eigenvalue weighted by Gasteiger charge is 2.31. The molecule has 1 amide bonds. The molecular formula is C18H23N3O3. The first-order chi connectivity index (χ1) is 11.5. The summed E-state index contributed by atoms with van der Waals surface area (Å²) in [5.74, 6) is -0.510. The lowest BCUT2D eigenvalue weighted by molar-refractivity contribution is -0.149. The fourth-order valence-corrected chi connectivity index (χ4v) is 3.34. The first kappa shape index (κ1) is 16.5. The summed E-state index contributed by atoms with van der Waals surface area (Å²) in [6.07, 6.45) is 3.44. The lowest BCUT2D eigenvalue weighted by Gasteiger charge is -2.31. The summed E-state index contributed by atoms with van der Waals surface area (Å²) in [7, 11) is 0. The van der Waals surface area contributed by atoms with Gasteiger partial charge in [-0.1, -0.05) is 6.07 Å². The third-order valence-corrected chi connectivity index (χ3v) is 4.55. The van der Waals surface area contributed by atoms with Crippen LogP contribution in [0.25, 0.3) is 5.65 Å². The first-order valence-electron chi connectivity index (χ1n) is 8.43. The molecule has 1 unspecified atom stereocenters. The Hall–Kier alpha value is -2.37. The normalized spacial score (nSPS) is 18.0. The molecule has 1 aliphatic heterocycles. The number of imidazole rings is 1. The monoisotopic (exact) mass is 329 g/mol. The van der Waals surface area contributed by atoms with Gasteiger partial charge in [-0.2, -0.15) is 0 Å². The highest BCUT2D eigenvalue weighted by molar-refractivity contribution is 5.95. The van der Waals surface area contributed by atoms with Gasteiger partial charge in [0.25, 0.3) is 5.91 Å². The molecule has 0 saturated carbocycles. The molecule has 0 spiro atoms. The van der Waals surface area contributed by atoms with E-state index in [0.29, 0.717) is 31.1 Å². The minimum Gasteiger partial charge on any atom is -0.466 e. The minimum absolute atomic E-state index is 0.0698. The molecule has 0 aromatic carbocycles. The van der Waals surface area contributed by atoms with E-state index in [2.05, 4.69) is 4.98 Å². The van der Waals surface area contributed by atoms with Gasteiger partial charge >= 0.3 is 5.97 Å². The SMILES string of the molecule is CCOC(=O)C1CCCN(C(=O)c2c(C)nc3c(C)cccn23)C1. The first-order valence-corrected chi connectivity index (χ1v) is 8.43. The fourth-order valence-electron chi connectivity index (χ4n) is 3.34. The van der Waals surface area contributed by atoms with Gasteiger partial charge < -0.3 is 9.64 Å². The van der Waals surface area contributed by atoms with Gasteiger partial charge in [0.2, 0.25) is 0 Å². The second-order valence-electron chi connectivity index (χ2n) is 6.27. The van der Waals surface area contributed by atoms with Gasteiger partial charge in [-0.05, 0) is 45.2 Å². The van der Waals surface area contributed by atoms with Gasteiger partial charge in [-0.15, -0.1) is 0 Å². The number of fused-ring (bicyclic) bond motifs is 1. The average molecular weight is 329 g/mol. The topological polar surface area (TPSA) is 63.9 Å². The standard InChI is InChI=1S/C18H23N3O3/c1-4-24-18(23)14-8-6-9-20(11-14)17(22)15-13(3)19-16-12(2)7-5-10-21(15)16/h5,7,10,14H,4,6,8-9,11H2,1-3H3. The van der Waals surface area contributed by atoms with Crippen LogP contribution < -0.4 is 0 Å². The molecule has 0 bridgehead atoms. The van der Waals surface area contributed by atoms with Crippen LogP contribution in [0.15, 0.2) is 18.3 Å². The van der Waals surface area contributed by atoms with E-state index in [1.807, 2.05) is 36.6 Å². The second-order valence-corrected chi connectivity index (χ2v) is 6.27. The van der Waals surface area contributed by atoms with Crippen molar-refractivity contribution < 1.29 is 14.3 Å². The molecule has 24 heavy (non-hydrogen) atoms. The van der Waals surface area contributed by atoms with Gasteiger partial charge in [0.05, 0.1) is 18.2 Å². The van der Waals surface area contributed by atoms with Crippen LogP contribution in [-0.4, -0.2) is 45.9 Å². The fraction of sp³-hybridized carbons (Fsp3) is 0.500. The Morgan fingerprint density at radius 2 is 2.17 bits per heavy atom. The molecule has 2 aromatic rings. The van der Waals surface area contributed by atoms with E-state index >= 15 is 0 Å². The van der Waals surface area contributed by atoms with Crippen LogP contribution in [0.1, 0.15) is 41.5 Å². The van der Waals surface area contributed by atoms with E-state index in [-0.39, 0.29) is 17.8 Å². The zero-order chi connectivity index (χ0) is 17.3. The van der Waals surface area contributed by atoms with Crippen LogP contribution in [0.3, 0.4) is 0 Å². The van der Waals surface area contributed by atoms with E-state index in [1.165, 1.54) is 0 Å². The summed E-state index contributed by atoms with van der Waals surface area (Å²) in [5.41, 5.74) is 3.13. The Labute approximate surface area is 141 Å². The summed E-state index contributed by atoms with van der Waals surface area (Å²) < 4.78 is 6.96. The van der Waals surface area contributed by atoms with Crippen molar-refractivity contribution in [3.8, 4) is 0 Å². The van der Waals surface area contributed by atoms with Crippen LogP contribution >= 0.6 is 0 Å². The van der Waals surface area contributed by atoms with E-state index < -0.39 is 0 Å². The van der Waals surface area contributed by atoms with E-state index in [9.17, 15) is 9.59 Å². The molecule has 128 valence electrons. The van der Waals surface area contributed by atoms with Crippen LogP contribution in [0, 0.1) is 19.8 Å². The predicted molar refractivity (Wildman–Crippen MR) is 89.9 cm³/mol. The molecule has 6 heteroatoms. The number of carbonyl (C=O) groups is 2. The molecule has 1 fully saturated rings. The predicted octanol–water partition coefficient (Wildman–Crippen LogP) is 2.37. The average Bonchev–Trinajstić information content (AvgIpc) is 2.92. The summed E-state index contributed by atoms with van der Waals surface area (Å²) in [5, 5.41) is 0. The molecule has 0 aliphatic carbocycles. The maximum atomic E-state index is 13.0. The number of carbonyl (C=O) groups excluding carboxylic acids is 2. The van der Waals surface area contributed by atoms with Crippen LogP contribution in [0.2, 0.25) is 0 Å². The smallest absolute Gasteiger partial charge is 0.310 e. The molecule has 1 saturated heterocycles. The maximum Gasteiger partial charge on any atom is 0.310 e. The number of esters is 1. The number of likely N-dealkylation sites (tertiary alicyclic amines) is 1. The molecule has 6 nitrogen and oxygen atoms in total. The lowest BCUT2D eigenvalue weighted by Crippen LogP contribution is -2.43. The van der Waals surface area contributed by atoms with Crippen molar-refractivity contribution in [2.45, 2.75) is 33.6 Å². The molecule has 2 aromatic heterocycles. The summed E-state index contributed by atoms with van der Waals surface area (Å²) in [4.78, 5) is 31.3. The molecular weight excluding hydrogens is 306 g/mol. The third kappa shape index (κ3) is 2.88. The second kappa shape index (κ2) is 6.63. The van der Waals surface area contributed by atoms with Crippen molar-refractivity contribution in [1.29, 1.82) is 0 Å². The molecule has 3 rings (SSSR count). The van der Waals surface area contributed by atoms with Gasteiger partial charge in [0, 0.05) is 19.3 Å². The van der Waals surface area contributed by atoms with Gasteiger partial charge in [-0.3, -0.25) is 14.0 Å². The Morgan fingerprint density at radius 3 is 2.92 bits per heavy atom. The van der Waals surface area contributed by atoms with Crippen molar-refractivity contribution in [3.63, 3.8) is 0 Å². The quantitative estimate of drug-likeness (QED) is 0.811. The van der Waals surface area contributed by atoms with Crippen LogP contribution in [-0.2, 0) is 9.53 Å². The number of rotatable bonds is 3. The van der Waals surface area contributed by atoms with Crippen molar-refractivity contribution in [2.24, 2.45) is 5.92 Å². The van der Waals surface area contributed by atoms with Gasteiger partial charge in [0.15, 0.2) is 0 Å². The lowest BCUT2D eigenvalue weighted by atomic mass is 9.98. The number of ether oxygens (including phenoxy) is 1. The van der Waals surface area contributed by atoms with E-state index in [0.717, 1.165) is 24.1 Å². The Bertz CT molecular complexity index is 781. The third-order valence-electron chi connectivity index (χ3n) is 4.55. The molecule has 0 N–H and O–H groups in total. The number of aryl methyl sites for hydroxylation is 2. The summed E-state index contributed by atoms with van der Waals surface area (Å²) >= 11 is 0. The highest BCUT2D eigenvalue weighted by atomic mass is 16.5. The number of hydrogen-bond acceptors (Lipinski definition) is 4. The maximum absolute atomic E-state index is 13.0. The Kier molecular flexibility index (Phi) is 4.55. The molecule has 0 radical (unpaired) electrons. The number of aromatic nitrogens is 2. The number of hydrogen-bond donors (Lipinski definition) is 0. The summed E-state index contributed by atoms with van der Waals surface area (Å²) in [6, 6.07) is 3.89. The van der Waals surface area contributed by atoms with Gasteiger partial charge in [-0.25, -0.2) is 4.98 Å². The van der Waals surface area contributed by atoms with E-state index in [4.69, 9.17) is 4.74 Å². The van der Waals surface area contributed by atoms with E-state index in [1.54, 1.807) is 11.8 Å². The van der Waals surface area contributed by atoms with Crippen molar-refractivity contribution in [3.05, 3.63) is 35.3 Å². The number of pyridine rings is 1. The number of amides is 1. The molecule has 3 heterocycles. The van der Waals surface area contributed by atoms with Crippen LogP contribution in [0.4, 0.5) is 0 Å². The Morgan fingerprint density at radius 1 is 1.38 bits per heavy atom.